The van der Waals surface area contributed by atoms with Gasteiger partial charge in [0.15, 0.2) is 0 Å². The Morgan fingerprint density at radius 1 is 1.18 bits per heavy atom. The van der Waals surface area contributed by atoms with Gasteiger partial charge in [-0.2, -0.15) is 0 Å². The molecule has 0 radical (unpaired) electrons. The van der Waals surface area contributed by atoms with Crippen molar-refractivity contribution in [2.45, 2.75) is 0 Å². The molecular formula is C12H10N4O. The Labute approximate surface area is 97.5 Å². The second-order valence-electron chi connectivity index (χ2n) is 3.58. The number of fused-ring (bicyclic) bond motifs is 1. The molecule has 3 rings (SSSR count). The van der Waals surface area contributed by atoms with E-state index in [-0.39, 0.29) is 6.01 Å². The summed E-state index contributed by atoms with van der Waals surface area (Å²) in [5, 5.41) is 9.05. The minimum Gasteiger partial charge on any atom is -0.466 e. The van der Waals surface area contributed by atoms with E-state index in [1.807, 2.05) is 30.5 Å². The van der Waals surface area contributed by atoms with Crippen molar-refractivity contribution in [3.05, 3.63) is 36.7 Å². The lowest BCUT2D eigenvalue weighted by Gasteiger charge is -1.98. The number of hydrogen-bond acceptors (Lipinski definition) is 4. The monoisotopic (exact) mass is 226 g/mol. The number of hydrogen-bond donors (Lipinski definition) is 1. The van der Waals surface area contributed by atoms with Crippen LogP contribution in [0.15, 0.2) is 36.7 Å². The van der Waals surface area contributed by atoms with Gasteiger partial charge in [0.2, 0.25) is 0 Å². The first-order valence-electron chi connectivity index (χ1n) is 5.18. The summed E-state index contributed by atoms with van der Waals surface area (Å²) in [5.41, 5.74) is 2.78. The van der Waals surface area contributed by atoms with E-state index in [4.69, 9.17) is 4.74 Å². The summed E-state index contributed by atoms with van der Waals surface area (Å²) in [7, 11) is 1.52. The molecule has 0 aliphatic heterocycles. The van der Waals surface area contributed by atoms with Crippen molar-refractivity contribution in [2.24, 2.45) is 0 Å². The molecule has 0 saturated carbocycles. The average molecular weight is 226 g/mol. The highest BCUT2D eigenvalue weighted by atomic mass is 16.5. The van der Waals surface area contributed by atoms with Gasteiger partial charge in [-0.05, 0) is 6.07 Å². The maximum atomic E-state index is 4.88. The molecule has 5 nitrogen and oxygen atoms in total. The van der Waals surface area contributed by atoms with Gasteiger partial charge in [-0.3, -0.25) is 0 Å². The van der Waals surface area contributed by atoms with Crippen molar-refractivity contribution in [3.63, 3.8) is 0 Å². The fourth-order valence-corrected chi connectivity index (χ4v) is 1.77. The quantitative estimate of drug-likeness (QED) is 0.726. The smallest absolute Gasteiger partial charge is 0.335 e. The number of nitrogens with zero attached hydrogens (tertiary/aromatic N) is 3. The van der Waals surface area contributed by atoms with Crippen LogP contribution in [0.25, 0.3) is 22.2 Å². The summed E-state index contributed by atoms with van der Waals surface area (Å²) in [6, 6.07) is 8.30. The predicted molar refractivity (Wildman–Crippen MR) is 63.7 cm³/mol. The van der Waals surface area contributed by atoms with Crippen LogP contribution in [0.1, 0.15) is 0 Å². The summed E-state index contributed by atoms with van der Waals surface area (Å²) in [6.45, 7) is 0. The Hall–Kier alpha value is -2.43. The van der Waals surface area contributed by atoms with Gasteiger partial charge < -0.3 is 9.72 Å². The van der Waals surface area contributed by atoms with Gasteiger partial charge in [-0.1, -0.05) is 23.3 Å². The molecule has 0 spiro atoms. The van der Waals surface area contributed by atoms with Crippen molar-refractivity contribution < 1.29 is 4.74 Å². The summed E-state index contributed by atoms with van der Waals surface area (Å²) >= 11 is 0. The molecule has 3 aromatic rings. The van der Waals surface area contributed by atoms with Gasteiger partial charge in [-0.25, -0.2) is 4.98 Å². The van der Waals surface area contributed by atoms with Gasteiger partial charge >= 0.3 is 6.01 Å². The molecule has 84 valence electrons. The number of methoxy groups -OCH3 is 1. The van der Waals surface area contributed by atoms with Crippen molar-refractivity contribution >= 4 is 10.9 Å². The van der Waals surface area contributed by atoms with Crippen LogP contribution in [0.5, 0.6) is 6.01 Å². The van der Waals surface area contributed by atoms with Crippen molar-refractivity contribution in [1.29, 1.82) is 0 Å². The Morgan fingerprint density at radius 3 is 2.82 bits per heavy atom. The zero-order valence-electron chi connectivity index (χ0n) is 9.21. The SMILES string of the molecule is COc1ncc(-c2c[nH]c3ccccc23)nn1. The maximum absolute atomic E-state index is 4.88. The Kier molecular flexibility index (Phi) is 2.22. The first-order valence-corrected chi connectivity index (χ1v) is 5.18. The van der Waals surface area contributed by atoms with Crippen LogP contribution in [0.3, 0.4) is 0 Å². The summed E-state index contributed by atoms with van der Waals surface area (Å²) in [6.07, 6.45) is 3.56. The van der Waals surface area contributed by atoms with Crippen LogP contribution in [-0.2, 0) is 0 Å². The highest BCUT2D eigenvalue weighted by Gasteiger charge is 2.08. The number of ether oxygens (including phenoxy) is 1. The number of aromatic nitrogens is 4. The standard InChI is InChI=1S/C12H10N4O/c1-17-12-14-7-11(15-16-12)9-6-13-10-5-3-2-4-8(9)10/h2-7,13H,1H3. The van der Waals surface area contributed by atoms with Crippen LogP contribution in [0.2, 0.25) is 0 Å². The molecule has 0 unspecified atom stereocenters. The van der Waals surface area contributed by atoms with E-state index in [1.165, 1.54) is 7.11 Å². The van der Waals surface area contributed by atoms with Crippen molar-refractivity contribution in [1.82, 2.24) is 20.2 Å². The summed E-state index contributed by atoms with van der Waals surface area (Å²) in [4.78, 5) is 7.24. The van der Waals surface area contributed by atoms with Crippen LogP contribution in [0, 0.1) is 0 Å². The second-order valence-corrected chi connectivity index (χ2v) is 3.58. The Morgan fingerprint density at radius 2 is 2.06 bits per heavy atom. The second kappa shape index (κ2) is 3.86. The van der Waals surface area contributed by atoms with E-state index in [2.05, 4.69) is 20.2 Å². The average Bonchev–Trinajstić information content (AvgIpc) is 2.83. The minimum absolute atomic E-state index is 0.272. The zero-order valence-corrected chi connectivity index (χ0v) is 9.21. The molecule has 1 aromatic carbocycles. The normalized spacial score (nSPS) is 10.6. The van der Waals surface area contributed by atoms with E-state index in [1.54, 1.807) is 6.20 Å². The maximum Gasteiger partial charge on any atom is 0.335 e. The molecule has 17 heavy (non-hydrogen) atoms. The summed E-state index contributed by atoms with van der Waals surface area (Å²) in [5.74, 6) is 0. The number of rotatable bonds is 2. The number of para-hydroxylation sites is 1. The molecule has 0 saturated heterocycles. The first kappa shape index (κ1) is 9.77. The molecule has 2 heterocycles. The third kappa shape index (κ3) is 1.61. The van der Waals surface area contributed by atoms with Crippen LogP contribution >= 0.6 is 0 Å². The van der Waals surface area contributed by atoms with Gasteiger partial charge in [0.05, 0.1) is 13.3 Å². The van der Waals surface area contributed by atoms with Crippen molar-refractivity contribution in [2.75, 3.05) is 7.11 Å². The molecule has 2 aromatic heterocycles. The van der Waals surface area contributed by atoms with Crippen LogP contribution in [0.4, 0.5) is 0 Å². The van der Waals surface area contributed by atoms with Crippen LogP contribution < -0.4 is 4.74 Å². The van der Waals surface area contributed by atoms with E-state index >= 15 is 0 Å². The number of H-pyrrole nitrogens is 1. The Bertz CT molecular complexity index is 645. The molecule has 0 bridgehead atoms. The summed E-state index contributed by atoms with van der Waals surface area (Å²) < 4.78 is 4.88. The van der Waals surface area contributed by atoms with E-state index in [0.29, 0.717) is 0 Å². The lowest BCUT2D eigenvalue weighted by molar-refractivity contribution is 0.373. The van der Waals surface area contributed by atoms with Crippen LogP contribution in [-0.4, -0.2) is 27.3 Å². The Balaban J connectivity index is 2.13. The number of aromatic amines is 1. The fourth-order valence-electron chi connectivity index (χ4n) is 1.77. The third-order valence-electron chi connectivity index (χ3n) is 2.59. The van der Waals surface area contributed by atoms with Gasteiger partial charge in [-0.15, -0.1) is 5.10 Å². The van der Waals surface area contributed by atoms with Crippen molar-refractivity contribution in [3.8, 4) is 17.3 Å². The third-order valence-corrected chi connectivity index (χ3v) is 2.59. The van der Waals surface area contributed by atoms with E-state index in [0.717, 1.165) is 22.2 Å². The number of nitrogens with one attached hydrogen (secondary N) is 1. The van der Waals surface area contributed by atoms with E-state index in [9.17, 15) is 0 Å². The lowest BCUT2D eigenvalue weighted by atomic mass is 10.1. The molecule has 1 N–H and O–H groups in total. The topological polar surface area (TPSA) is 63.7 Å². The first-order chi connectivity index (χ1) is 8.38. The van der Waals surface area contributed by atoms with E-state index < -0.39 is 0 Å². The largest absolute Gasteiger partial charge is 0.466 e. The molecule has 0 amide bonds. The molecule has 0 fully saturated rings. The van der Waals surface area contributed by atoms with Gasteiger partial charge in [0, 0.05) is 22.7 Å². The minimum atomic E-state index is 0.272. The zero-order chi connectivity index (χ0) is 11.7. The highest BCUT2D eigenvalue weighted by molar-refractivity contribution is 5.94. The molecule has 0 aliphatic rings. The highest BCUT2D eigenvalue weighted by Crippen LogP contribution is 2.26. The lowest BCUT2D eigenvalue weighted by Crippen LogP contribution is -1.95. The molecule has 0 aliphatic carbocycles. The molecule has 5 heteroatoms. The predicted octanol–water partition coefficient (Wildman–Crippen LogP) is 2.03. The molecular weight excluding hydrogens is 216 g/mol. The van der Waals surface area contributed by atoms with Gasteiger partial charge in [0.25, 0.3) is 0 Å². The fraction of sp³-hybridized carbons (Fsp3) is 0.0833. The van der Waals surface area contributed by atoms with Gasteiger partial charge in [0.1, 0.15) is 5.69 Å². The molecule has 0 atom stereocenters. The number of benzene rings is 1.